The summed E-state index contributed by atoms with van der Waals surface area (Å²) in [5.41, 5.74) is 0. The number of hydrogen-bond donors (Lipinski definition) is 1. The fourth-order valence-electron chi connectivity index (χ4n) is 2.90. The highest BCUT2D eigenvalue weighted by atomic mass is 35.5. The Balaban J connectivity index is 1.90. The van der Waals surface area contributed by atoms with Crippen molar-refractivity contribution in [2.75, 3.05) is 5.32 Å². The zero-order chi connectivity index (χ0) is 13.4. The molecule has 102 valence electrons. The number of aromatic nitrogens is 2. The molecule has 0 amide bonds. The summed E-state index contributed by atoms with van der Waals surface area (Å²) in [5, 5.41) is 7.05. The van der Waals surface area contributed by atoms with Crippen LogP contribution in [0.5, 0.6) is 0 Å². The number of hydrogen-bond acceptors (Lipinski definition) is 4. The van der Waals surface area contributed by atoms with Crippen LogP contribution < -0.4 is 5.32 Å². The van der Waals surface area contributed by atoms with Gasteiger partial charge in [0.2, 0.25) is 5.28 Å². The average Bonchev–Trinajstić information content (AvgIpc) is 2.83. The van der Waals surface area contributed by atoms with Crippen LogP contribution in [-0.4, -0.2) is 16.0 Å². The van der Waals surface area contributed by atoms with Crippen molar-refractivity contribution in [2.24, 2.45) is 11.8 Å². The van der Waals surface area contributed by atoms with Crippen LogP contribution in [0.1, 0.15) is 33.1 Å². The van der Waals surface area contributed by atoms with Crippen LogP contribution in [0.3, 0.4) is 0 Å². The third kappa shape index (κ3) is 2.56. The molecule has 3 unspecified atom stereocenters. The minimum Gasteiger partial charge on any atom is -0.366 e. The molecule has 2 aromatic rings. The van der Waals surface area contributed by atoms with E-state index in [1.54, 1.807) is 11.3 Å². The van der Waals surface area contributed by atoms with Gasteiger partial charge in [0.05, 0.1) is 5.39 Å². The number of nitrogens with one attached hydrogen (secondary N) is 1. The Morgan fingerprint density at radius 1 is 1.32 bits per heavy atom. The molecule has 1 aliphatic rings. The van der Waals surface area contributed by atoms with Gasteiger partial charge in [0.1, 0.15) is 10.6 Å². The maximum atomic E-state index is 6.01. The monoisotopic (exact) mass is 295 g/mol. The first-order valence-corrected chi connectivity index (χ1v) is 8.08. The molecule has 0 bridgehead atoms. The number of thiophene rings is 1. The minimum atomic E-state index is 0.328. The molecule has 0 spiro atoms. The Hall–Kier alpha value is -0.870. The molecule has 1 saturated carbocycles. The Labute approximate surface area is 122 Å². The highest BCUT2D eigenvalue weighted by Gasteiger charge is 2.27. The van der Waals surface area contributed by atoms with Crippen LogP contribution in [-0.2, 0) is 0 Å². The Kier molecular flexibility index (Phi) is 3.63. The summed E-state index contributed by atoms with van der Waals surface area (Å²) in [7, 11) is 0. The largest absolute Gasteiger partial charge is 0.366 e. The van der Waals surface area contributed by atoms with Gasteiger partial charge in [-0.3, -0.25) is 0 Å². The highest BCUT2D eigenvalue weighted by molar-refractivity contribution is 7.16. The molecule has 3 nitrogen and oxygen atoms in total. The first-order valence-electron chi connectivity index (χ1n) is 6.82. The van der Waals surface area contributed by atoms with E-state index in [4.69, 9.17) is 11.6 Å². The van der Waals surface area contributed by atoms with Gasteiger partial charge in [-0.25, -0.2) is 9.97 Å². The van der Waals surface area contributed by atoms with E-state index in [-0.39, 0.29) is 0 Å². The predicted molar refractivity (Wildman–Crippen MR) is 82.0 cm³/mol. The lowest BCUT2D eigenvalue weighted by Gasteiger charge is -2.35. The smallest absolute Gasteiger partial charge is 0.225 e. The summed E-state index contributed by atoms with van der Waals surface area (Å²) < 4.78 is 0. The molecule has 0 saturated heterocycles. The van der Waals surface area contributed by atoms with E-state index >= 15 is 0 Å². The van der Waals surface area contributed by atoms with Gasteiger partial charge in [0.15, 0.2) is 0 Å². The Bertz CT molecular complexity index is 583. The lowest BCUT2D eigenvalue weighted by Crippen LogP contribution is -2.35. The van der Waals surface area contributed by atoms with E-state index in [1.165, 1.54) is 19.3 Å². The van der Waals surface area contributed by atoms with Crippen molar-refractivity contribution < 1.29 is 0 Å². The third-order valence-electron chi connectivity index (χ3n) is 4.33. The number of rotatable bonds is 2. The van der Waals surface area contributed by atoms with Crippen LogP contribution >= 0.6 is 22.9 Å². The Morgan fingerprint density at radius 3 is 3.00 bits per heavy atom. The molecule has 0 radical (unpaired) electrons. The van der Waals surface area contributed by atoms with Crippen molar-refractivity contribution in [3.05, 3.63) is 16.7 Å². The van der Waals surface area contributed by atoms with Crippen LogP contribution in [0.15, 0.2) is 11.4 Å². The number of nitrogens with zero attached hydrogens (tertiary/aromatic N) is 2. The summed E-state index contributed by atoms with van der Waals surface area (Å²) in [4.78, 5) is 9.59. The van der Waals surface area contributed by atoms with Crippen LogP contribution in [0, 0.1) is 11.8 Å². The normalized spacial score (nSPS) is 27.6. The SMILES string of the molecule is CC1CCCC(Nc2nc(Cl)nc3sccc23)C1C. The van der Waals surface area contributed by atoms with Crippen molar-refractivity contribution in [1.82, 2.24) is 9.97 Å². The van der Waals surface area contributed by atoms with Crippen molar-refractivity contribution in [3.63, 3.8) is 0 Å². The molecule has 3 rings (SSSR count). The summed E-state index contributed by atoms with van der Waals surface area (Å²) in [5.74, 6) is 2.32. The van der Waals surface area contributed by atoms with Crippen molar-refractivity contribution >= 4 is 39.0 Å². The summed E-state index contributed by atoms with van der Waals surface area (Å²) in [6.45, 7) is 4.67. The molecule has 1 fully saturated rings. The van der Waals surface area contributed by atoms with E-state index in [0.29, 0.717) is 17.2 Å². The molecule has 1 aliphatic carbocycles. The molecule has 3 atom stereocenters. The average molecular weight is 296 g/mol. The minimum absolute atomic E-state index is 0.328. The lowest BCUT2D eigenvalue weighted by molar-refractivity contribution is 0.253. The van der Waals surface area contributed by atoms with E-state index < -0.39 is 0 Å². The summed E-state index contributed by atoms with van der Waals surface area (Å²) in [6, 6.07) is 2.55. The first kappa shape index (κ1) is 13.1. The van der Waals surface area contributed by atoms with E-state index in [1.807, 2.05) is 5.38 Å². The molecule has 1 N–H and O–H groups in total. The standard InChI is InChI=1S/C14H18ClN3S/c1-8-4-3-5-11(9(8)2)16-12-10-6-7-19-13(10)18-14(15)17-12/h6-9,11H,3-5H2,1-2H3,(H,16,17,18). The molecular weight excluding hydrogens is 278 g/mol. The van der Waals surface area contributed by atoms with Gasteiger partial charge < -0.3 is 5.32 Å². The lowest BCUT2D eigenvalue weighted by atomic mass is 9.78. The van der Waals surface area contributed by atoms with Gasteiger partial charge >= 0.3 is 0 Å². The van der Waals surface area contributed by atoms with Gasteiger partial charge in [-0.05, 0) is 41.3 Å². The molecule has 5 heteroatoms. The maximum absolute atomic E-state index is 6.01. The van der Waals surface area contributed by atoms with Gasteiger partial charge in [0, 0.05) is 6.04 Å². The number of halogens is 1. The molecule has 19 heavy (non-hydrogen) atoms. The second kappa shape index (κ2) is 5.25. The quantitative estimate of drug-likeness (QED) is 0.824. The maximum Gasteiger partial charge on any atom is 0.225 e. The summed E-state index contributed by atoms with van der Waals surface area (Å²) in [6.07, 6.45) is 3.82. The van der Waals surface area contributed by atoms with E-state index in [2.05, 4.69) is 35.2 Å². The molecular formula is C14H18ClN3S. The molecule has 2 aromatic heterocycles. The number of anilines is 1. The zero-order valence-electron chi connectivity index (χ0n) is 11.2. The first-order chi connectivity index (χ1) is 9.15. The Morgan fingerprint density at radius 2 is 2.16 bits per heavy atom. The fourth-order valence-corrected chi connectivity index (χ4v) is 3.88. The number of fused-ring (bicyclic) bond motifs is 1. The fraction of sp³-hybridized carbons (Fsp3) is 0.571. The van der Waals surface area contributed by atoms with Crippen molar-refractivity contribution in [3.8, 4) is 0 Å². The van der Waals surface area contributed by atoms with Crippen LogP contribution in [0.2, 0.25) is 5.28 Å². The third-order valence-corrected chi connectivity index (χ3v) is 5.30. The molecule has 2 heterocycles. The van der Waals surface area contributed by atoms with E-state index in [0.717, 1.165) is 22.0 Å². The van der Waals surface area contributed by atoms with Crippen molar-refractivity contribution in [2.45, 2.75) is 39.2 Å². The van der Waals surface area contributed by atoms with Gasteiger partial charge in [-0.15, -0.1) is 11.3 Å². The van der Waals surface area contributed by atoms with Gasteiger partial charge in [-0.1, -0.05) is 26.7 Å². The zero-order valence-corrected chi connectivity index (χ0v) is 12.8. The summed E-state index contributed by atoms with van der Waals surface area (Å²) >= 11 is 7.61. The van der Waals surface area contributed by atoms with Gasteiger partial charge in [0.25, 0.3) is 0 Å². The second-order valence-corrected chi connectivity index (χ2v) is 6.73. The molecule has 0 aliphatic heterocycles. The van der Waals surface area contributed by atoms with Crippen molar-refractivity contribution in [1.29, 1.82) is 0 Å². The molecule has 0 aromatic carbocycles. The van der Waals surface area contributed by atoms with Gasteiger partial charge in [-0.2, -0.15) is 0 Å². The van der Waals surface area contributed by atoms with E-state index in [9.17, 15) is 0 Å². The van der Waals surface area contributed by atoms with Crippen LogP contribution in [0.25, 0.3) is 10.2 Å². The second-order valence-electron chi connectivity index (χ2n) is 5.50. The predicted octanol–water partition coefficient (Wildman–Crippen LogP) is 4.58. The van der Waals surface area contributed by atoms with Crippen LogP contribution in [0.4, 0.5) is 5.82 Å². The topological polar surface area (TPSA) is 37.8 Å². The highest BCUT2D eigenvalue weighted by Crippen LogP contribution is 2.33.